The Balaban J connectivity index is 1.91. The summed E-state index contributed by atoms with van der Waals surface area (Å²) in [5.74, 6) is 0.490. The van der Waals surface area contributed by atoms with Crippen molar-refractivity contribution in [3.63, 3.8) is 0 Å². The van der Waals surface area contributed by atoms with Crippen molar-refractivity contribution in [3.05, 3.63) is 44.4 Å². The van der Waals surface area contributed by atoms with E-state index in [1.165, 1.54) is 30.7 Å². The summed E-state index contributed by atoms with van der Waals surface area (Å²) in [5.41, 5.74) is 0.753. The first-order valence-corrected chi connectivity index (χ1v) is 11.9. The third-order valence-corrected chi connectivity index (χ3v) is 8.56. The lowest BCUT2D eigenvalue weighted by molar-refractivity contribution is 0.303. The summed E-state index contributed by atoms with van der Waals surface area (Å²) in [7, 11) is -0.998. The van der Waals surface area contributed by atoms with Crippen molar-refractivity contribution in [1.29, 1.82) is 0 Å². The lowest BCUT2D eigenvalue weighted by Gasteiger charge is -2.40. The summed E-state index contributed by atoms with van der Waals surface area (Å²) in [6.07, 6.45) is 0. The minimum atomic E-state index is -3.87. The largest absolute Gasteiger partial charge is 0.494 e. The van der Waals surface area contributed by atoms with Gasteiger partial charge in [0, 0.05) is 25.7 Å². The molecule has 0 N–H and O–H groups in total. The first-order chi connectivity index (χ1) is 14.1. The van der Waals surface area contributed by atoms with Crippen LogP contribution >= 0.6 is 46.4 Å². The number of rotatable bonds is 5. The number of halogens is 4. The maximum Gasteiger partial charge on any atom is 0.247 e. The minimum absolute atomic E-state index is 0.0215. The van der Waals surface area contributed by atoms with Crippen molar-refractivity contribution >= 4 is 62.1 Å². The molecule has 1 aliphatic heterocycles. The first-order valence-electron chi connectivity index (χ1n) is 8.94. The molecule has 0 spiro atoms. The van der Waals surface area contributed by atoms with Crippen LogP contribution in [0.1, 0.15) is 6.92 Å². The van der Waals surface area contributed by atoms with Gasteiger partial charge in [0.25, 0.3) is 0 Å². The monoisotopic (exact) mass is 512 g/mol. The third-order valence-electron chi connectivity index (χ3n) is 4.95. The van der Waals surface area contributed by atoms with Crippen LogP contribution in [0.25, 0.3) is 0 Å². The second-order valence-electron chi connectivity index (χ2n) is 6.72. The highest BCUT2D eigenvalue weighted by Gasteiger charge is 2.37. The Morgan fingerprint density at radius 2 is 1.47 bits per heavy atom. The Labute approximate surface area is 196 Å². The van der Waals surface area contributed by atoms with E-state index in [1.807, 2.05) is 17.9 Å². The summed E-state index contributed by atoms with van der Waals surface area (Å²) in [4.78, 5) is 2.00. The van der Waals surface area contributed by atoms with Gasteiger partial charge in [-0.1, -0.05) is 46.4 Å². The highest BCUT2D eigenvalue weighted by molar-refractivity contribution is 7.89. The van der Waals surface area contributed by atoms with Gasteiger partial charge in [-0.2, -0.15) is 4.31 Å². The number of sulfonamides is 1. The van der Waals surface area contributed by atoms with Gasteiger partial charge >= 0.3 is 0 Å². The molecule has 164 valence electrons. The van der Waals surface area contributed by atoms with E-state index in [1.54, 1.807) is 6.07 Å². The van der Waals surface area contributed by atoms with Gasteiger partial charge in [0.1, 0.15) is 14.9 Å². The van der Waals surface area contributed by atoms with Crippen LogP contribution in [-0.4, -0.2) is 52.6 Å². The van der Waals surface area contributed by atoms with E-state index in [0.29, 0.717) is 28.9 Å². The standard InChI is InChI=1S/C19H20Cl4N2O4S/c1-11-10-24(14-6-4-12(20)16(22)18(14)28-2)8-9-25(11)30(26,27)15-7-5-13(21)17(23)19(15)29-3/h4-7,11H,8-10H2,1-3H3/t11-/m0/s1. The molecule has 0 amide bonds. The molecular formula is C19H20Cl4N2O4S. The van der Waals surface area contributed by atoms with E-state index in [4.69, 9.17) is 55.9 Å². The van der Waals surface area contributed by atoms with E-state index in [0.717, 1.165) is 5.69 Å². The molecule has 30 heavy (non-hydrogen) atoms. The number of hydrogen-bond donors (Lipinski definition) is 0. The fourth-order valence-corrected chi connectivity index (χ4v) is 6.12. The predicted molar refractivity (Wildman–Crippen MR) is 122 cm³/mol. The average molecular weight is 514 g/mol. The van der Waals surface area contributed by atoms with Crippen LogP contribution in [-0.2, 0) is 10.0 Å². The zero-order valence-electron chi connectivity index (χ0n) is 16.5. The van der Waals surface area contributed by atoms with Gasteiger partial charge in [-0.25, -0.2) is 8.42 Å². The molecule has 1 saturated heterocycles. The quantitative estimate of drug-likeness (QED) is 0.548. The van der Waals surface area contributed by atoms with Crippen molar-refractivity contribution in [3.8, 4) is 11.5 Å². The van der Waals surface area contributed by atoms with Gasteiger partial charge < -0.3 is 14.4 Å². The number of piperazine rings is 1. The maximum atomic E-state index is 13.4. The van der Waals surface area contributed by atoms with Crippen LogP contribution in [0.4, 0.5) is 5.69 Å². The molecule has 0 aromatic heterocycles. The second kappa shape index (κ2) is 9.18. The highest BCUT2D eigenvalue weighted by atomic mass is 35.5. The van der Waals surface area contributed by atoms with E-state index < -0.39 is 10.0 Å². The zero-order valence-corrected chi connectivity index (χ0v) is 20.3. The molecule has 0 saturated carbocycles. The van der Waals surface area contributed by atoms with Gasteiger partial charge in [-0.05, 0) is 31.2 Å². The number of hydrogen-bond acceptors (Lipinski definition) is 5. The number of methoxy groups -OCH3 is 2. The highest BCUT2D eigenvalue weighted by Crippen LogP contribution is 2.42. The Bertz CT molecular complexity index is 1060. The maximum absolute atomic E-state index is 13.4. The molecule has 0 aliphatic carbocycles. The van der Waals surface area contributed by atoms with Crippen LogP contribution in [0.2, 0.25) is 20.1 Å². The summed E-state index contributed by atoms with van der Waals surface area (Å²) < 4.78 is 38.8. The summed E-state index contributed by atoms with van der Waals surface area (Å²) in [6, 6.07) is 6.01. The Morgan fingerprint density at radius 3 is 2.03 bits per heavy atom. The minimum Gasteiger partial charge on any atom is -0.494 e. The molecule has 0 bridgehead atoms. The molecule has 6 nitrogen and oxygen atoms in total. The Kier molecular flexibility index (Phi) is 7.22. The number of ether oxygens (including phenoxy) is 2. The van der Waals surface area contributed by atoms with Gasteiger partial charge in [0.05, 0.1) is 30.0 Å². The van der Waals surface area contributed by atoms with Crippen LogP contribution < -0.4 is 14.4 Å². The van der Waals surface area contributed by atoms with Crippen LogP contribution in [0, 0.1) is 0 Å². The normalized spacial score (nSPS) is 17.8. The van der Waals surface area contributed by atoms with E-state index in [9.17, 15) is 8.42 Å². The smallest absolute Gasteiger partial charge is 0.247 e. The topological polar surface area (TPSA) is 59.1 Å². The second-order valence-corrected chi connectivity index (χ2v) is 10.1. The Hall–Kier alpha value is -1.09. The van der Waals surface area contributed by atoms with Gasteiger partial charge in [0.15, 0.2) is 11.5 Å². The van der Waals surface area contributed by atoms with Crippen LogP contribution in [0.15, 0.2) is 29.2 Å². The van der Waals surface area contributed by atoms with Gasteiger partial charge in [-0.3, -0.25) is 0 Å². The van der Waals surface area contributed by atoms with E-state index >= 15 is 0 Å². The van der Waals surface area contributed by atoms with E-state index in [2.05, 4.69) is 0 Å². The molecule has 3 rings (SSSR count). The van der Waals surface area contributed by atoms with E-state index in [-0.39, 0.29) is 33.3 Å². The number of benzene rings is 2. The molecule has 1 heterocycles. The lowest BCUT2D eigenvalue weighted by Crippen LogP contribution is -2.54. The van der Waals surface area contributed by atoms with Gasteiger partial charge in [0.2, 0.25) is 10.0 Å². The van der Waals surface area contributed by atoms with Crippen molar-refractivity contribution in [2.24, 2.45) is 0 Å². The molecule has 2 aromatic carbocycles. The fourth-order valence-electron chi connectivity index (χ4n) is 3.52. The van der Waals surface area contributed by atoms with Crippen molar-refractivity contribution in [2.75, 3.05) is 38.8 Å². The fraction of sp³-hybridized carbons (Fsp3) is 0.368. The SMILES string of the molecule is COc1c(N2CCN(S(=O)(=O)c3ccc(Cl)c(Cl)c3OC)[C@@H](C)C2)ccc(Cl)c1Cl. The third kappa shape index (κ3) is 4.16. The molecule has 2 aromatic rings. The number of anilines is 1. The summed E-state index contributed by atoms with van der Waals surface area (Å²) >= 11 is 24.5. The van der Waals surface area contributed by atoms with Crippen molar-refractivity contribution in [2.45, 2.75) is 17.9 Å². The van der Waals surface area contributed by atoms with Crippen LogP contribution in [0.5, 0.6) is 11.5 Å². The molecule has 0 radical (unpaired) electrons. The summed E-state index contributed by atoms with van der Waals surface area (Å²) in [6.45, 7) is 2.94. The predicted octanol–water partition coefficient (Wildman–Crippen LogP) is 5.22. The zero-order chi connectivity index (χ0) is 22.2. The van der Waals surface area contributed by atoms with Crippen molar-refractivity contribution < 1.29 is 17.9 Å². The molecule has 1 fully saturated rings. The molecule has 11 heteroatoms. The van der Waals surface area contributed by atoms with Gasteiger partial charge in [-0.15, -0.1) is 0 Å². The Morgan fingerprint density at radius 1 is 0.900 bits per heavy atom. The number of nitrogens with zero attached hydrogens (tertiary/aromatic N) is 2. The summed E-state index contributed by atoms with van der Waals surface area (Å²) in [5, 5.41) is 0.988. The van der Waals surface area contributed by atoms with Crippen molar-refractivity contribution in [1.82, 2.24) is 4.31 Å². The lowest BCUT2D eigenvalue weighted by atomic mass is 10.2. The average Bonchev–Trinajstić information content (AvgIpc) is 2.71. The molecule has 0 unspecified atom stereocenters. The first kappa shape index (κ1) is 23.6. The molecular weight excluding hydrogens is 494 g/mol. The van der Waals surface area contributed by atoms with Crippen LogP contribution in [0.3, 0.4) is 0 Å². The molecule has 1 aliphatic rings. The molecule has 1 atom stereocenters.